The third-order valence-corrected chi connectivity index (χ3v) is 1.65. The van der Waals surface area contributed by atoms with Gasteiger partial charge in [-0.2, -0.15) is 0 Å². The van der Waals surface area contributed by atoms with Gasteiger partial charge in [-0.05, 0) is 6.42 Å². The number of rotatable bonds is 6. The normalized spacial score (nSPS) is 11.0. The van der Waals surface area contributed by atoms with Crippen LogP contribution in [0, 0.1) is 5.92 Å². The zero-order valence-corrected chi connectivity index (χ0v) is 8.12. The van der Waals surface area contributed by atoms with Gasteiger partial charge in [-0.3, -0.25) is 9.59 Å². The Morgan fingerprint density at radius 2 is 1.92 bits per heavy atom. The number of carboxylic acids is 1. The molecule has 0 unspecified atom stereocenters. The van der Waals surface area contributed by atoms with Gasteiger partial charge in [0.2, 0.25) is 0 Å². The first-order chi connectivity index (χ1) is 6.04. The number of carboxylic acid groups (broad SMARTS) is 1. The van der Waals surface area contributed by atoms with Crippen LogP contribution in [0.3, 0.4) is 0 Å². The van der Waals surface area contributed by atoms with Gasteiger partial charge in [-0.15, -0.1) is 0 Å². The average Bonchev–Trinajstić information content (AvgIpc) is 2.02. The Kier molecular flexibility index (Phi) is 5.85. The molecule has 0 bridgehead atoms. The van der Waals surface area contributed by atoms with Crippen LogP contribution >= 0.6 is 0 Å². The van der Waals surface area contributed by atoms with Crippen LogP contribution in [-0.2, 0) is 9.59 Å². The molecule has 1 N–H and O–H groups in total. The summed E-state index contributed by atoms with van der Waals surface area (Å²) in [5.74, 6) is -0.560. The molecule has 0 spiro atoms. The van der Waals surface area contributed by atoms with Crippen LogP contribution in [0.4, 0.5) is 0 Å². The maximum absolute atomic E-state index is 11.1. The molecule has 0 atom stereocenters. The van der Waals surface area contributed by atoms with Gasteiger partial charge in [-0.25, -0.2) is 0 Å². The van der Waals surface area contributed by atoms with Crippen LogP contribution in [0.1, 0.15) is 33.1 Å². The Hall–Kier alpha value is -1.12. The predicted molar refractivity (Wildman–Crippen MR) is 50.5 cm³/mol. The van der Waals surface area contributed by atoms with Crippen molar-refractivity contribution in [1.82, 2.24) is 0 Å². The molecule has 0 rings (SSSR count). The highest BCUT2D eigenvalue weighted by atomic mass is 16.4. The van der Waals surface area contributed by atoms with Crippen molar-refractivity contribution in [1.29, 1.82) is 0 Å². The highest BCUT2D eigenvalue weighted by Crippen LogP contribution is 2.00. The summed E-state index contributed by atoms with van der Waals surface area (Å²) in [4.78, 5) is 21.2. The first-order valence-corrected chi connectivity index (χ1v) is 4.43. The largest absolute Gasteiger partial charge is 0.481 e. The Labute approximate surface area is 78.5 Å². The maximum atomic E-state index is 11.1. The second-order valence-corrected chi connectivity index (χ2v) is 3.23. The van der Waals surface area contributed by atoms with Crippen molar-refractivity contribution >= 4 is 11.8 Å². The molecule has 3 nitrogen and oxygen atoms in total. The molecule has 0 saturated carbocycles. The van der Waals surface area contributed by atoms with Crippen LogP contribution < -0.4 is 0 Å². The fourth-order valence-electron chi connectivity index (χ4n) is 0.760. The van der Waals surface area contributed by atoms with Gasteiger partial charge in [0.05, 0.1) is 0 Å². The molecule has 0 radical (unpaired) electrons. The standard InChI is InChI=1S/C10H16O3/c1-8(2)9(11)6-4-3-5-7-10(12)13/h3-4,8H,5-7H2,1-2H3,(H,12,13)/b4-3+. The lowest BCUT2D eigenvalue weighted by Gasteiger charge is -1.98. The van der Waals surface area contributed by atoms with E-state index in [1.165, 1.54) is 0 Å². The molecule has 13 heavy (non-hydrogen) atoms. The van der Waals surface area contributed by atoms with E-state index in [1.54, 1.807) is 12.2 Å². The Bertz CT molecular complexity index is 204. The number of carbonyl (C=O) groups is 2. The Balaban J connectivity index is 3.52. The van der Waals surface area contributed by atoms with Gasteiger partial charge in [0, 0.05) is 18.8 Å². The predicted octanol–water partition coefficient (Wildman–Crippen LogP) is 2.02. The van der Waals surface area contributed by atoms with Gasteiger partial charge in [-0.1, -0.05) is 26.0 Å². The van der Waals surface area contributed by atoms with Crippen LogP contribution in [0.25, 0.3) is 0 Å². The summed E-state index contributed by atoms with van der Waals surface area (Å²) < 4.78 is 0. The van der Waals surface area contributed by atoms with Crippen molar-refractivity contribution in [2.24, 2.45) is 5.92 Å². The third kappa shape index (κ3) is 7.25. The molecule has 0 heterocycles. The third-order valence-electron chi connectivity index (χ3n) is 1.65. The first-order valence-electron chi connectivity index (χ1n) is 4.43. The Morgan fingerprint density at radius 3 is 2.38 bits per heavy atom. The average molecular weight is 184 g/mol. The molecule has 0 amide bonds. The minimum absolute atomic E-state index is 0.0594. The summed E-state index contributed by atoms with van der Waals surface area (Å²) >= 11 is 0. The maximum Gasteiger partial charge on any atom is 0.303 e. The lowest BCUT2D eigenvalue weighted by molar-refractivity contribution is -0.136. The van der Waals surface area contributed by atoms with E-state index in [-0.39, 0.29) is 18.1 Å². The fraction of sp³-hybridized carbons (Fsp3) is 0.600. The van der Waals surface area contributed by atoms with E-state index in [2.05, 4.69) is 0 Å². The highest BCUT2D eigenvalue weighted by molar-refractivity contribution is 5.81. The minimum Gasteiger partial charge on any atom is -0.481 e. The lowest BCUT2D eigenvalue weighted by Crippen LogP contribution is -2.04. The number of ketones is 1. The molecule has 0 aliphatic heterocycles. The molecule has 0 aromatic rings. The molecule has 74 valence electrons. The van der Waals surface area contributed by atoms with Gasteiger partial charge < -0.3 is 5.11 Å². The van der Waals surface area contributed by atoms with E-state index in [0.717, 1.165) is 0 Å². The van der Waals surface area contributed by atoms with Crippen LogP contribution in [0.15, 0.2) is 12.2 Å². The summed E-state index contributed by atoms with van der Waals surface area (Å²) in [6.45, 7) is 3.71. The monoisotopic (exact) mass is 184 g/mol. The van der Waals surface area contributed by atoms with Crippen molar-refractivity contribution in [2.75, 3.05) is 0 Å². The van der Waals surface area contributed by atoms with Gasteiger partial charge in [0.1, 0.15) is 5.78 Å². The molecule has 0 fully saturated rings. The van der Waals surface area contributed by atoms with E-state index in [1.807, 2.05) is 13.8 Å². The number of Topliss-reactive ketones (excluding diaryl/α,β-unsaturated/α-hetero) is 1. The van der Waals surface area contributed by atoms with Gasteiger partial charge in [0.25, 0.3) is 0 Å². The van der Waals surface area contributed by atoms with E-state index < -0.39 is 5.97 Å². The molecule has 0 aromatic heterocycles. The van der Waals surface area contributed by atoms with E-state index in [0.29, 0.717) is 12.8 Å². The van der Waals surface area contributed by atoms with E-state index in [9.17, 15) is 9.59 Å². The minimum atomic E-state index is -0.806. The van der Waals surface area contributed by atoms with Gasteiger partial charge >= 0.3 is 5.97 Å². The number of allylic oxidation sites excluding steroid dienone is 2. The van der Waals surface area contributed by atoms with Crippen LogP contribution in [0.5, 0.6) is 0 Å². The molecular formula is C10H16O3. The first kappa shape index (κ1) is 11.9. The number of aliphatic carboxylic acids is 1. The second-order valence-electron chi connectivity index (χ2n) is 3.23. The summed E-state index contributed by atoms with van der Waals surface area (Å²) in [5, 5.41) is 8.31. The fourth-order valence-corrected chi connectivity index (χ4v) is 0.760. The van der Waals surface area contributed by atoms with Crippen molar-refractivity contribution < 1.29 is 14.7 Å². The van der Waals surface area contributed by atoms with E-state index >= 15 is 0 Å². The van der Waals surface area contributed by atoms with Crippen LogP contribution in [0.2, 0.25) is 0 Å². The highest BCUT2D eigenvalue weighted by Gasteiger charge is 2.03. The zero-order chi connectivity index (χ0) is 10.3. The molecule has 0 aromatic carbocycles. The second kappa shape index (κ2) is 6.40. The summed E-state index contributed by atoms with van der Waals surface area (Å²) in [7, 11) is 0. The summed E-state index contributed by atoms with van der Waals surface area (Å²) in [5.41, 5.74) is 0. The molecule has 0 saturated heterocycles. The Morgan fingerprint density at radius 1 is 1.31 bits per heavy atom. The van der Waals surface area contributed by atoms with Crippen molar-refractivity contribution in [3.05, 3.63) is 12.2 Å². The van der Waals surface area contributed by atoms with Crippen LogP contribution in [-0.4, -0.2) is 16.9 Å². The smallest absolute Gasteiger partial charge is 0.303 e. The van der Waals surface area contributed by atoms with Gasteiger partial charge in [0.15, 0.2) is 0 Å². The van der Waals surface area contributed by atoms with Crippen molar-refractivity contribution in [2.45, 2.75) is 33.1 Å². The quantitative estimate of drug-likeness (QED) is 0.642. The molecule has 3 heteroatoms. The van der Waals surface area contributed by atoms with Crippen molar-refractivity contribution in [3.8, 4) is 0 Å². The molecule has 0 aliphatic carbocycles. The lowest BCUT2D eigenvalue weighted by atomic mass is 10.1. The number of carbonyl (C=O) groups excluding carboxylic acids is 1. The zero-order valence-electron chi connectivity index (χ0n) is 8.12. The number of hydrogen-bond donors (Lipinski definition) is 1. The topological polar surface area (TPSA) is 54.4 Å². The van der Waals surface area contributed by atoms with Crippen molar-refractivity contribution in [3.63, 3.8) is 0 Å². The SMILES string of the molecule is CC(C)C(=O)C/C=C/CCC(=O)O. The summed E-state index contributed by atoms with van der Waals surface area (Å²) in [6, 6.07) is 0. The summed E-state index contributed by atoms with van der Waals surface area (Å²) in [6.07, 6.45) is 4.53. The van der Waals surface area contributed by atoms with E-state index in [4.69, 9.17) is 5.11 Å². The number of hydrogen-bond acceptors (Lipinski definition) is 2. The molecular weight excluding hydrogens is 168 g/mol. The molecule has 0 aliphatic rings.